The van der Waals surface area contributed by atoms with Gasteiger partial charge in [-0.05, 0) is 129 Å². The highest BCUT2D eigenvalue weighted by Crippen LogP contribution is 2.41. The van der Waals surface area contributed by atoms with Crippen LogP contribution in [0.3, 0.4) is 0 Å². The molecule has 0 bridgehead atoms. The molecule has 1 nitrogen and oxygen atoms in total. The van der Waals surface area contributed by atoms with Crippen LogP contribution >= 0.6 is 0 Å². The molecule has 0 amide bonds. The van der Waals surface area contributed by atoms with Crippen molar-refractivity contribution in [2.24, 2.45) is 0 Å². The Morgan fingerprint density at radius 2 is 1.32 bits per heavy atom. The molecule has 0 atom stereocenters. The number of fused-ring (bicyclic) bond motifs is 3. The van der Waals surface area contributed by atoms with Gasteiger partial charge in [-0.3, -0.25) is 0 Å². The topological polar surface area (TPSA) is 4.93 Å². The molecule has 57 heavy (non-hydrogen) atoms. The van der Waals surface area contributed by atoms with Crippen LogP contribution in [0.5, 0.6) is 0 Å². The smallest absolute Gasteiger partial charge is 0.0534 e. The van der Waals surface area contributed by atoms with E-state index in [9.17, 15) is 0 Å². The Labute approximate surface area is 337 Å². The summed E-state index contributed by atoms with van der Waals surface area (Å²) in [7, 11) is 0. The molecule has 0 N–H and O–H groups in total. The van der Waals surface area contributed by atoms with E-state index in [-0.39, 0.29) is 0 Å². The SMILES string of the molecule is C=C1/C=C\C=C/CC2=C(C=C(c3cccc(-c4cccc(-c5cccc(-n6cc(/C=C(\CCC)c7ccccc7)c7ccccc76)c5)c4)c3)CC2)c2ccccc21. The average molecular weight is 734 g/mol. The van der Waals surface area contributed by atoms with E-state index in [1.54, 1.807) is 0 Å². The molecule has 6 aromatic carbocycles. The maximum Gasteiger partial charge on any atom is 0.0534 e. The molecule has 2 aliphatic carbocycles. The second-order valence-corrected chi connectivity index (χ2v) is 15.2. The van der Waals surface area contributed by atoms with Gasteiger partial charge in [-0.2, -0.15) is 0 Å². The van der Waals surface area contributed by atoms with Crippen molar-refractivity contribution in [1.29, 1.82) is 0 Å². The summed E-state index contributed by atoms with van der Waals surface area (Å²) in [6.45, 7) is 6.66. The second-order valence-electron chi connectivity index (χ2n) is 15.2. The molecule has 1 heterocycles. The van der Waals surface area contributed by atoms with Gasteiger partial charge in [0.05, 0.1) is 5.52 Å². The predicted molar refractivity (Wildman–Crippen MR) is 246 cm³/mol. The van der Waals surface area contributed by atoms with E-state index in [0.29, 0.717) is 0 Å². The second kappa shape index (κ2) is 16.2. The minimum absolute atomic E-state index is 0.964. The zero-order valence-electron chi connectivity index (χ0n) is 32.7. The third-order valence-corrected chi connectivity index (χ3v) is 11.5. The van der Waals surface area contributed by atoms with Crippen molar-refractivity contribution in [3.63, 3.8) is 0 Å². The summed E-state index contributed by atoms with van der Waals surface area (Å²) < 4.78 is 2.35. The molecule has 276 valence electrons. The summed E-state index contributed by atoms with van der Waals surface area (Å²) in [5, 5.41) is 1.26. The molecule has 0 aliphatic heterocycles. The number of benzene rings is 6. The molecule has 0 unspecified atom stereocenters. The Hall–Kier alpha value is -6.70. The van der Waals surface area contributed by atoms with Crippen LogP contribution in [0.15, 0.2) is 200 Å². The Morgan fingerprint density at radius 1 is 0.649 bits per heavy atom. The van der Waals surface area contributed by atoms with Crippen LogP contribution in [0.1, 0.15) is 66.8 Å². The van der Waals surface area contributed by atoms with Crippen molar-refractivity contribution >= 4 is 39.3 Å². The van der Waals surface area contributed by atoms with Crippen LogP contribution in [0.25, 0.3) is 67.2 Å². The lowest BCUT2D eigenvalue weighted by molar-refractivity contribution is 0.943. The van der Waals surface area contributed by atoms with Crippen LogP contribution in [0.4, 0.5) is 0 Å². The van der Waals surface area contributed by atoms with Crippen molar-refractivity contribution in [2.45, 2.75) is 39.0 Å². The van der Waals surface area contributed by atoms with E-state index in [4.69, 9.17) is 0 Å². The fraction of sp³-hybridized carbons (Fsp3) is 0.107. The molecular weight excluding hydrogens is 687 g/mol. The van der Waals surface area contributed by atoms with Crippen molar-refractivity contribution in [1.82, 2.24) is 4.57 Å². The van der Waals surface area contributed by atoms with Gasteiger partial charge in [0, 0.05) is 22.8 Å². The maximum absolute atomic E-state index is 4.41. The van der Waals surface area contributed by atoms with E-state index in [1.165, 1.54) is 83.3 Å². The van der Waals surface area contributed by atoms with E-state index in [1.807, 2.05) is 0 Å². The quantitative estimate of drug-likeness (QED) is 0.147. The molecule has 1 aromatic heterocycles. The zero-order chi connectivity index (χ0) is 38.6. The molecule has 1 heteroatoms. The summed E-state index contributed by atoms with van der Waals surface area (Å²) in [6.07, 6.45) is 21.0. The normalized spacial score (nSPS) is 15.5. The fourth-order valence-electron chi connectivity index (χ4n) is 8.58. The van der Waals surface area contributed by atoms with E-state index < -0.39 is 0 Å². The van der Waals surface area contributed by atoms with Crippen LogP contribution in [-0.4, -0.2) is 4.57 Å². The molecule has 0 saturated carbocycles. The van der Waals surface area contributed by atoms with Gasteiger partial charge in [-0.25, -0.2) is 0 Å². The molecule has 0 saturated heterocycles. The highest BCUT2D eigenvalue weighted by Gasteiger charge is 2.19. The first-order valence-corrected chi connectivity index (χ1v) is 20.4. The van der Waals surface area contributed by atoms with Gasteiger partial charge in [-0.15, -0.1) is 0 Å². The predicted octanol–water partition coefficient (Wildman–Crippen LogP) is 15.5. The third-order valence-electron chi connectivity index (χ3n) is 11.5. The molecule has 9 rings (SSSR count). The Morgan fingerprint density at radius 3 is 2.11 bits per heavy atom. The van der Waals surface area contributed by atoms with Crippen molar-refractivity contribution in [2.75, 3.05) is 0 Å². The number of nitrogens with zero attached hydrogens (tertiary/aromatic N) is 1. The maximum atomic E-state index is 4.41. The average Bonchev–Trinajstić information content (AvgIpc) is 3.64. The van der Waals surface area contributed by atoms with Crippen LogP contribution in [0, 0.1) is 0 Å². The molecule has 7 aromatic rings. The van der Waals surface area contributed by atoms with Gasteiger partial charge in [0.15, 0.2) is 0 Å². The minimum atomic E-state index is 0.964. The third kappa shape index (κ3) is 7.50. The number of para-hydroxylation sites is 1. The van der Waals surface area contributed by atoms with Crippen molar-refractivity contribution in [3.05, 3.63) is 228 Å². The summed E-state index contributed by atoms with van der Waals surface area (Å²) in [5.74, 6) is 0. The lowest BCUT2D eigenvalue weighted by Gasteiger charge is -2.23. The Kier molecular flexibility index (Phi) is 10.2. The standard InChI is InChI=1S/C56H47N/c1-3-17-43(41-19-7-5-8-20-41)36-50-39-57(56-31-13-12-29-53(50)56)51-27-16-26-48(37-51)46-24-14-22-44(34-46)45-23-15-25-47(35-45)49-33-32-42-21-9-4-6-18-40(2)52-28-10-11-30-54(52)55(42)38-49/h4-16,18-20,22-31,34-39H,2-3,17,21,32-33H2,1H3/b9-4-,18-6-,43-36+. The lowest BCUT2D eigenvalue weighted by Crippen LogP contribution is -2.02. The summed E-state index contributed by atoms with van der Waals surface area (Å²) in [5.41, 5.74) is 20.2. The van der Waals surface area contributed by atoms with Crippen LogP contribution in [-0.2, 0) is 0 Å². The molecule has 0 fully saturated rings. The first-order chi connectivity index (χ1) is 28.1. The Bertz CT molecular complexity index is 2780. The fourth-order valence-corrected chi connectivity index (χ4v) is 8.58. The minimum Gasteiger partial charge on any atom is -0.316 e. The number of hydrogen-bond acceptors (Lipinski definition) is 0. The summed E-state index contributed by atoms with van der Waals surface area (Å²) in [4.78, 5) is 0. The molecule has 0 spiro atoms. The van der Waals surface area contributed by atoms with E-state index >= 15 is 0 Å². The largest absolute Gasteiger partial charge is 0.316 e. The number of allylic oxidation sites excluding steroid dienone is 10. The van der Waals surface area contributed by atoms with Gasteiger partial charge < -0.3 is 4.57 Å². The lowest BCUT2D eigenvalue weighted by atomic mass is 9.81. The summed E-state index contributed by atoms with van der Waals surface area (Å²) in [6, 6.07) is 55.4. The van der Waals surface area contributed by atoms with Crippen molar-refractivity contribution in [3.8, 4) is 27.9 Å². The van der Waals surface area contributed by atoms with Gasteiger partial charge in [0.25, 0.3) is 0 Å². The highest BCUT2D eigenvalue weighted by atomic mass is 15.0. The molecule has 2 aliphatic rings. The van der Waals surface area contributed by atoms with E-state index in [0.717, 1.165) is 43.4 Å². The molecule has 0 radical (unpaired) electrons. The van der Waals surface area contributed by atoms with Gasteiger partial charge in [-0.1, -0.05) is 177 Å². The van der Waals surface area contributed by atoms with Gasteiger partial charge >= 0.3 is 0 Å². The van der Waals surface area contributed by atoms with Crippen molar-refractivity contribution < 1.29 is 0 Å². The van der Waals surface area contributed by atoms with Crippen LogP contribution < -0.4 is 0 Å². The zero-order valence-corrected chi connectivity index (χ0v) is 32.7. The van der Waals surface area contributed by atoms with Gasteiger partial charge in [0.2, 0.25) is 0 Å². The van der Waals surface area contributed by atoms with Gasteiger partial charge in [0.1, 0.15) is 0 Å². The highest BCUT2D eigenvalue weighted by molar-refractivity contribution is 5.96. The first-order valence-electron chi connectivity index (χ1n) is 20.4. The first kappa shape index (κ1) is 36.0. The Balaban J connectivity index is 1.04. The number of hydrogen-bond donors (Lipinski definition) is 0. The number of rotatable bonds is 8. The molecular formula is C56H47N. The van der Waals surface area contributed by atoms with E-state index in [2.05, 4.69) is 212 Å². The monoisotopic (exact) mass is 733 g/mol. The summed E-state index contributed by atoms with van der Waals surface area (Å²) >= 11 is 0. The number of aromatic nitrogens is 1. The van der Waals surface area contributed by atoms with Crippen LogP contribution in [0.2, 0.25) is 0 Å².